The highest BCUT2D eigenvalue weighted by Gasteiger charge is 2.33. The summed E-state index contributed by atoms with van der Waals surface area (Å²) in [5, 5.41) is 7.18. The molecule has 1 saturated heterocycles. The maximum Gasteiger partial charge on any atom is 0.191 e. The fourth-order valence-electron chi connectivity index (χ4n) is 4.85. The zero-order valence-corrected chi connectivity index (χ0v) is 19.1. The summed E-state index contributed by atoms with van der Waals surface area (Å²) in [6.07, 6.45) is 7.59. The molecule has 0 aromatic heterocycles. The van der Waals surface area contributed by atoms with Gasteiger partial charge in [-0.15, -0.1) is 0 Å². The largest absolute Gasteiger partial charge is 0.497 e. The zero-order chi connectivity index (χ0) is 21.2. The van der Waals surface area contributed by atoms with Gasteiger partial charge >= 0.3 is 0 Å². The van der Waals surface area contributed by atoms with Gasteiger partial charge in [0, 0.05) is 58.2 Å². The molecule has 0 bridgehead atoms. The number of aliphatic imine (C=N–C) groups is 1. The summed E-state index contributed by atoms with van der Waals surface area (Å²) in [6.45, 7) is 7.84. The van der Waals surface area contributed by atoms with E-state index in [1.807, 2.05) is 13.1 Å². The average Bonchev–Trinajstić information content (AvgIpc) is 3.44. The highest BCUT2D eigenvalue weighted by Crippen LogP contribution is 2.40. The Morgan fingerprint density at radius 1 is 1.27 bits per heavy atom. The van der Waals surface area contributed by atoms with E-state index in [9.17, 15) is 0 Å². The van der Waals surface area contributed by atoms with Crippen LogP contribution >= 0.6 is 0 Å². The summed E-state index contributed by atoms with van der Waals surface area (Å²) in [5.74, 6) is 2.47. The number of rotatable bonds is 10. The first-order valence-corrected chi connectivity index (χ1v) is 11.6. The van der Waals surface area contributed by atoms with E-state index in [1.54, 1.807) is 7.11 Å². The van der Waals surface area contributed by atoms with Crippen molar-refractivity contribution >= 4 is 11.6 Å². The molecule has 168 valence electrons. The number of ether oxygens (including phenoxy) is 2. The second kappa shape index (κ2) is 11.4. The van der Waals surface area contributed by atoms with Crippen LogP contribution in [-0.2, 0) is 4.74 Å². The van der Waals surface area contributed by atoms with Gasteiger partial charge in [0.2, 0.25) is 0 Å². The molecule has 0 amide bonds. The second-order valence-electron chi connectivity index (χ2n) is 8.76. The fraction of sp³-hybridized carbons (Fsp3) is 0.708. The van der Waals surface area contributed by atoms with Gasteiger partial charge in [0.15, 0.2) is 5.96 Å². The maximum absolute atomic E-state index is 5.64. The van der Waals surface area contributed by atoms with Gasteiger partial charge in [-0.05, 0) is 56.1 Å². The number of guanidine groups is 1. The van der Waals surface area contributed by atoms with Crippen molar-refractivity contribution in [1.82, 2.24) is 10.6 Å². The molecule has 30 heavy (non-hydrogen) atoms. The summed E-state index contributed by atoms with van der Waals surface area (Å²) in [6, 6.07) is 8.36. The predicted molar refractivity (Wildman–Crippen MR) is 125 cm³/mol. The Kier molecular flexibility index (Phi) is 8.67. The lowest BCUT2D eigenvalue weighted by Crippen LogP contribution is -2.45. The van der Waals surface area contributed by atoms with E-state index in [4.69, 9.17) is 9.47 Å². The van der Waals surface area contributed by atoms with Crippen LogP contribution in [0.4, 0.5) is 5.69 Å². The molecule has 1 aliphatic carbocycles. The number of anilines is 1. The quantitative estimate of drug-likeness (QED) is 0.346. The number of benzene rings is 1. The van der Waals surface area contributed by atoms with Gasteiger partial charge in [0.25, 0.3) is 0 Å². The van der Waals surface area contributed by atoms with Gasteiger partial charge in [-0.3, -0.25) is 4.99 Å². The molecule has 1 heterocycles. The molecular weight excluding hydrogens is 376 g/mol. The molecule has 3 rings (SSSR count). The van der Waals surface area contributed by atoms with Crippen LogP contribution in [0.1, 0.15) is 45.4 Å². The minimum atomic E-state index is 0.364. The SMILES string of the molecule is CCOCCC1(CNC(=NC)NCC2CCN(c3cccc(OC)c3)C2)CCCC1. The highest BCUT2D eigenvalue weighted by molar-refractivity contribution is 5.79. The number of nitrogens with one attached hydrogen (secondary N) is 2. The van der Waals surface area contributed by atoms with E-state index in [0.717, 1.165) is 57.5 Å². The standard InChI is InChI=1S/C24H40N4O2/c1-4-30-15-13-24(11-5-6-12-24)19-27-23(25-2)26-17-20-10-14-28(18-20)21-8-7-9-22(16-21)29-3/h7-9,16,20H,4-6,10-15,17-19H2,1-3H3,(H2,25,26,27). The molecule has 2 aliphatic rings. The smallest absolute Gasteiger partial charge is 0.191 e. The summed E-state index contributed by atoms with van der Waals surface area (Å²) >= 11 is 0. The number of nitrogens with zero attached hydrogens (tertiary/aromatic N) is 2. The van der Waals surface area contributed by atoms with E-state index in [2.05, 4.69) is 45.6 Å². The normalized spacial score (nSPS) is 21.1. The van der Waals surface area contributed by atoms with Crippen LogP contribution in [0.2, 0.25) is 0 Å². The Hall–Kier alpha value is -1.95. The molecule has 0 radical (unpaired) electrons. The molecule has 0 spiro atoms. The van der Waals surface area contributed by atoms with Crippen molar-refractivity contribution in [3.05, 3.63) is 24.3 Å². The molecule has 1 atom stereocenters. The van der Waals surface area contributed by atoms with Gasteiger partial charge in [-0.2, -0.15) is 0 Å². The van der Waals surface area contributed by atoms with Crippen LogP contribution in [0.15, 0.2) is 29.3 Å². The van der Waals surface area contributed by atoms with E-state index in [0.29, 0.717) is 11.3 Å². The van der Waals surface area contributed by atoms with Crippen LogP contribution < -0.4 is 20.3 Å². The van der Waals surface area contributed by atoms with E-state index in [-0.39, 0.29) is 0 Å². The fourth-order valence-corrected chi connectivity index (χ4v) is 4.85. The first-order chi connectivity index (χ1) is 14.7. The number of hydrogen-bond donors (Lipinski definition) is 2. The van der Waals surface area contributed by atoms with E-state index < -0.39 is 0 Å². The monoisotopic (exact) mass is 416 g/mol. The number of methoxy groups -OCH3 is 1. The van der Waals surface area contributed by atoms with Crippen molar-refractivity contribution in [2.75, 3.05) is 58.5 Å². The van der Waals surface area contributed by atoms with Crippen LogP contribution in [0, 0.1) is 11.3 Å². The van der Waals surface area contributed by atoms with Gasteiger partial charge in [0.05, 0.1) is 7.11 Å². The van der Waals surface area contributed by atoms with Crippen molar-refractivity contribution in [3.8, 4) is 5.75 Å². The van der Waals surface area contributed by atoms with Crippen LogP contribution in [0.5, 0.6) is 5.75 Å². The van der Waals surface area contributed by atoms with E-state index >= 15 is 0 Å². The third-order valence-corrected chi connectivity index (χ3v) is 6.76. The molecule has 2 N–H and O–H groups in total. The van der Waals surface area contributed by atoms with Crippen molar-refractivity contribution in [1.29, 1.82) is 0 Å². The molecule has 1 aromatic rings. The van der Waals surface area contributed by atoms with Crippen LogP contribution in [0.3, 0.4) is 0 Å². The second-order valence-corrected chi connectivity index (χ2v) is 8.76. The topological polar surface area (TPSA) is 58.1 Å². The van der Waals surface area contributed by atoms with Gasteiger partial charge in [0.1, 0.15) is 5.75 Å². The summed E-state index contributed by atoms with van der Waals surface area (Å²) in [7, 11) is 3.59. The Bertz CT molecular complexity index is 673. The minimum Gasteiger partial charge on any atom is -0.497 e. The Labute approximate surface area is 182 Å². The molecule has 1 saturated carbocycles. The predicted octanol–water partition coefficient (Wildman–Crippen LogP) is 3.67. The van der Waals surface area contributed by atoms with Crippen molar-refractivity contribution in [3.63, 3.8) is 0 Å². The molecule has 1 unspecified atom stereocenters. The molecule has 6 nitrogen and oxygen atoms in total. The van der Waals surface area contributed by atoms with Gasteiger partial charge in [-0.1, -0.05) is 18.9 Å². The summed E-state index contributed by atoms with van der Waals surface area (Å²) < 4.78 is 11.0. The van der Waals surface area contributed by atoms with Crippen LogP contribution in [0.25, 0.3) is 0 Å². The van der Waals surface area contributed by atoms with Crippen molar-refractivity contribution in [2.45, 2.75) is 45.4 Å². The first kappa shape index (κ1) is 22.7. The molecule has 1 aliphatic heterocycles. The Morgan fingerprint density at radius 2 is 2.10 bits per heavy atom. The zero-order valence-electron chi connectivity index (χ0n) is 19.1. The number of hydrogen-bond acceptors (Lipinski definition) is 4. The van der Waals surface area contributed by atoms with Gasteiger partial charge in [-0.25, -0.2) is 0 Å². The lowest BCUT2D eigenvalue weighted by atomic mass is 9.83. The first-order valence-electron chi connectivity index (χ1n) is 11.6. The van der Waals surface area contributed by atoms with Crippen molar-refractivity contribution in [2.24, 2.45) is 16.3 Å². The Balaban J connectivity index is 1.44. The highest BCUT2D eigenvalue weighted by atomic mass is 16.5. The molecule has 1 aromatic carbocycles. The lowest BCUT2D eigenvalue weighted by Gasteiger charge is -2.30. The minimum absolute atomic E-state index is 0.364. The summed E-state index contributed by atoms with van der Waals surface area (Å²) in [4.78, 5) is 6.92. The summed E-state index contributed by atoms with van der Waals surface area (Å²) in [5.41, 5.74) is 1.61. The van der Waals surface area contributed by atoms with Gasteiger partial charge < -0.3 is 25.0 Å². The molecular formula is C24H40N4O2. The Morgan fingerprint density at radius 3 is 2.83 bits per heavy atom. The van der Waals surface area contributed by atoms with Crippen molar-refractivity contribution < 1.29 is 9.47 Å². The van der Waals surface area contributed by atoms with E-state index in [1.165, 1.54) is 37.8 Å². The van der Waals surface area contributed by atoms with Crippen LogP contribution in [-0.4, -0.2) is 59.5 Å². The molecule has 2 fully saturated rings. The maximum atomic E-state index is 5.64. The third kappa shape index (κ3) is 6.27. The third-order valence-electron chi connectivity index (χ3n) is 6.76. The lowest BCUT2D eigenvalue weighted by molar-refractivity contribution is 0.105. The average molecular weight is 417 g/mol. The molecule has 6 heteroatoms.